The van der Waals surface area contributed by atoms with Crippen molar-refractivity contribution in [3.05, 3.63) is 58.7 Å². The maximum atomic E-state index is 13.1. The number of sulfonamides is 1. The van der Waals surface area contributed by atoms with Crippen LogP contribution in [0.3, 0.4) is 0 Å². The number of hydrogen-bond acceptors (Lipinski definition) is 5. The Kier molecular flexibility index (Phi) is 7.56. The number of amides is 2. The van der Waals surface area contributed by atoms with Gasteiger partial charge >= 0.3 is 0 Å². The molecule has 9 heteroatoms. The average Bonchev–Trinajstić information content (AvgIpc) is 2.76. The van der Waals surface area contributed by atoms with Gasteiger partial charge in [0.1, 0.15) is 0 Å². The van der Waals surface area contributed by atoms with Crippen molar-refractivity contribution in [2.45, 2.75) is 25.7 Å². The van der Waals surface area contributed by atoms with Crippen LogP contribution in [0, 0.1) is 20.8 Å². The summed E-state index contributed by atoms with van der Waals surface area (Å²) in [5, 5.41) is 3.00. The van der Waals surface area contributed by atoms with Gasteiger partial charge in [-0.3, -0.25) is 14.5 Å². The van der Waals surface area contributed by atoms with E-state index in [0.29, 0.717) is 31.7 Å². The number of para-hydroxylation sites is 1. The van der Waals surface area contributed by atoms with Gasteiger partial charge in [0.2, 0.25) is 15.9 Å². The zero-order valence-corrected chi connectivity index (χ0v) is 20.7. The van der Waals surface area contributed by atoms with Gasteiger partial charge in [-0.25, -0.2) is 12.7 Å². The Balaban J connectivity index is 1.62. The largest absolute Gasteiger partial charge is 0.336 e. The van der Waals surface area contributed by atoms with Crippen LogP contribution in [0.15, 0.2) is 41.3 Å². The second-order valence-corrected chi connectivity index (χ2v) is 10.8. The summed E-state index contributed by atoms with van der Waals surface area (Å²) in [5.41, 5.74) is 4.01. The molecule has 0 unspecified atom stereocenters. The summed E-state index contributed by atoms with van der Waals surface area (Å²) >= 11 is 0. The van der Waals surface area contributed by atoms with E-state index in [0.717, 1.165) is 26.7 Å². The first kappa shape index (κ1) is 24.9. The second-order valence-electron chi connectivity index (χ2n) is 8.65. The van der Waals surface area contributed by atoms with Crippen LogP contribution in [0.2, 0.25) is 0 Å². The highest BCUT2D eigenvalue weighted by Crippen LogP contribution is 2.21. The molecule has 1 fully saturated rings. The summed E-state index contributed by atoms with van der Waals surface area (Å²) in [6.45, 7) is 8.07. The number of benzene rings is 2. The van der Waals surface area contributed by atoms with Gasteiger partial charge in [-0.2, -0.15) is 0 Å². The van der Waals surface area contributed by atoms with Gasteiger partial charge in [-0.15, -0.1) is 0 Å². The van der Waals surface area contributed by atoms with E-state index in [2.05, 4.69) is 5.32 Å². The minimum Gasteiger partial charge on any atom is -0.336 e. The molecule has 0 saturated carbocycles. The molecule has 8 nitrogen and oxygen atoms in total. The normalized spacial score (nSPS) is 15.0. The molecule has 33 heavy (non-hydrogen) atoms. The van der Waals surface area contributed by atoms with E-state index in [4.69, 9.17) is 0 Å². The lowest BCUT2D eigenvalue weighted by atomic mass is 10.1. The van der Waals surface area contributed by atoms with Crippen molar-refractivity contribution in [3.63, 3.8) is 0 Å². The van der Waals surface area contributed by atoms with Crippen molar-refractivity contribution in [2.75, 3.05) is 52.1 Å². The summed E-state index contributed by atoms with van der Waals surface area (Å²) in [7, 11) is -0.695. The Morgan fingerprint density at radius 1 is 0.939 bits per heavy atom. The second kappa shape index (κ2) is 10.0. The summed E-state index contributed by atoms with van der Waals surface area (Å²) in [6, 6.07) is 10.5. The molecule has 0 atom stereocenters. The molecule has 2 aromatic rings. The molecule has 1 heterocycles. The molecule has 178 valence electrons. The van der Waals surface area contributed by atoms with Gasteiger partial charge in [-0.05, 0) is 49.6 Å². The standard InChI is InChI=1S/C24H32N4O4S/c1-17-9-10-20(33(31,32)26(4)5)15-21(17)24(30)28-13-11-27(12-14-28)16-22(29)25-23-18(2)7-6-8-19(23)3/h6-10,15H,11-14,16H2,1-5H3,(H,25,29). The van der Waals surface area contributed by atoms with E-state index >= 15 is 0 Å². The molecule has 3 rings (SSSR count). The van der Waals surface area contributed by atoms with Crippen LogP contribution in [0.1, 0.15) is 27.0 Å². The number of hydrogen-bond donors (Lipinski definition) is 1. The number of nitrogens with zero attached hydrogens (tertiary/aromatic N) is 3. The lowest BCUT2D eigenvalue weighted by Crippen LogP contribution is -2.50. The average molecular weight is 473 g/mol. The molecule has 0 aromatic heterocycles. The SMILES string of the molecule is Cc1ccc(S(=O)(=O)N(C)C)cc1C(=O)N1CCN(CC(=O)Nc2c(C)cccc2C)CC1. The van der Waals surface area contributed by atoms with Crippen LogP contribution in [0.5, 0.6) is 0 Å². The first-order chi connectivity index (χ1) is 15.5. The van der Waals surface area contributed by atoms with Crippen molar-refractivity contribution in [3.8, 4) is 0 Å². The van der Waals surface area contributed by atoms with Crippen molar-refractivity contribution in [2.24, 2.45) is 0 Å². The molecule has 1 aliphatic heterocycles. The van der Waals surface area contributed by atoms with E-state index < -0.39 is 10.0 Å². The van der Waals surface area contributed by atoms with E-state index in [-0.39, 0.29) is 23.3 Å². The van der Waals surface area contributed by atoms with E-state index in [1.807, 2.05) is 36.9 Å². The zero-order valence-electron chi connectivity index (χ0n) is 19.9. The Labute approximate surface area is 196 Å². The summed E-state index contributed by atoms with van der Waals surface area (Å²) in [4.78, 5) is 29.5. The Morgan fingerprint density at radius 3 is 2.12 bits per heavy atom. The van der Waals surface area contributed by atoms with Crippen molar-refractivity contribution in [1.82, 2.24) is 14.1 Å². The predicted octanol–water partition coefficient (Wildman–Crippen LogP) is 2.26. The third-order valence-electron chi connectivity index (χ3n) is 5.99. The minimum absolute atomic E-state index is 0.0791. The van der Waals surface area contributed by atoms with Crippen molar-refractivity contribution < 1.29 is 18.0 Å². The molecule has 2 amide bonds. The fourth-order valence-electron chi connectivity index (χ4n) is 3.88. The minimum atomic E-state index is -3.62. The van der Waals surface area contributed by atoms with Gasteiger partial charge in [0.15, 0.2) is 0 Å². The highest BCUT2D eigenvalue weighted by Gasteiger charge is 2.26. The lowest BCUT2D eigenvalue weighted by Gasteiger charge is -2.34. The third-order valence-corrected chi connectivity index (χ3v) is 7.80. The van der Waals surface area contributed by atoms with Crippen LogP contribution >= 0.6 is 0 Å². The molecule has 0 spiro atoms. The molecule has 0 bridgehead atoms. The predicted molar refractivity (Wildman–Crippen MR) is 129 cm³/mol. The van der Waals surface area contributed by atoms with Crippen LogP contribution in [-0.4, -0.2) is 81.2 Å². The van der Waals surface area contributed by atoms with Crippen LogP contribution in [-0.2, 0) is 14.8 Å². The third kappa shape index (κ3) is 5.61. The summed E-state index contributed by atoms with van der Waals surface area (Å²) in [6.07, 6.45) is 0. The summed E-state index contributed by atoms with van der Waals surface area (Å²) < 4.78 is 26.1. The lowest BCUT2D eigenvalue weighted by molar-refractivity contribution is -0.117. The number of carbonyl (C=O) groups is 2. The number of nitrogens with one attached hydrogen (secondary N) is 1. The van der Waals surface area contributed by atoms with Crippen molar-refractivity contribution in [1.29, 1.82) is 0 Å². The number of rotatable bonds is 6. The monoisotopic (exact) mass is 472 g/mol. The van der Waals surface area contributed by atoms with E-state index in [1.165, 1.54) is 26.2 Å². The molecule has 2 aromatic carbocycles. The van der Waals surface area contributed by atoms with Gasteiger partial charge in [-0.1, -0.05) is 24.3 Å². The van der Waals surface area contributed by atoms with Crippen LogP contribution in [0.25, 0.3) is 0 Å². The van der Waals surface area contributed by atoms with Crippen LogP contribution in [0.4, 0.5) is 5.69 Å². The Bertz CT molecular complexity index is 1130. The molecular weight excluding hydrogens is 440 g/mol. The molecular formula is C24H32N4O4S. The number of piperazine rings is 1. The van der Waals surface area contributed by atoms with E-state index in [9.17, 15) is 18.0 Å². The number of aryl methyl sites for hydroxylation is 3. The fraction of sp³-hybridized carbons (Fsp3) is 0.417. The molecule has 1 aliphatic rings. The number of carbonyl (C=O) groups excluding carboxylic acids is 2. The first-order valence-corrected chi connectivity index (χ1v) is 12.4. The van der Waals surface area contributed by atoms with Gasteiger partial charge in [0, 0.05) is 51.5 Å². The molecule has 1 N–H and O–H groups in total. The quantitative estimate of drug-likeness (QED) is 0.697. The van der Waals surface area contributed by atoms with Gasteiger partial charge < -0.3 is 10.2 Å². The maximum absolute atomic E-state index is 13.1. The smallest absolute Gasteiger partial charge is 0.254 e. The van der Waals surface area contributed by atoms with Crippen LogP contribution < -0.4 is 5.32 Å². The maximum Gasteiger partial charge on any atom is 0.254 e. The Morgan fingerprint density at radius 2 is 1.55 bits per heavy atom. The highest BCUT2D eigenvalue weighted by atomic mass is 32.2. The summed E-state index contributed by atoms with van der Waals surface area (Å²) in [5.74, 6) is -0.271. The first-order valence-electron chi connectivity index (χ1n) is 10.9. The van der Waals surface area contributed by atoms with Gasteiger partial charge in [0.25, 0.3) is 5.91 Å². The van der Waals surface area contributed by atoms with Crippen molar-refractivity contribution >= 4 is 27.5 Å². The topological polar surface area (TPSA) is 90.0 Å². The number of anilines is 1. The molecule has 0 aliphatic carbocycles. The van der Waals surface area contributed by atoms with E-state index in [1.54, 1.807) is 17.9 Å². The molecule has 1 saturated heterocycles. The zero-order chi connectivity index (χ0) is 24.3. The van der Waals surface area contributed by atoms with Gasteiger partial charge in [0.05, 0.1) is 11.4 Å². The Hall–Kier alpha value is -2.75. The highest BCUT2D eigenvalue weighted by molar-refractivity contribution is 7.89. The molecule has 0 radical (unpaired) electrons. The fourth-order valence-corrected chi connectivity index (χ4v) is 4.80.